The minimum Gasteiger partial charge on any atom is -0.491 e. The first-order valence-electron chi connectivity index (χ1n) is 44.4. The lowest BCUT2D eigenvalue weighted by Gasteiger charge is -2.28. The summed E-state index contributed by atoms with van der Waals surface area (Å²) in [5, 5.41) is 3.55. The summed E-state index contributed by atoms with van der Waals surface area (Å²) in [6.45, 7) is 6.45. The van der Waals surface area contributed by atoms with Crippen LogP contribution in [-0.4, -0.2) is 59.8 Å². The Balaban J connectivity index is 0.000000123. The van der Waals surface area contributed by atoms with Gasteiger partial charge in [0.05, 0.1) is 86.2 Å². The predicted molar refractivity (Wildman–Crippen MR) is 555 cm³/mol. The maximum atomic E-state index is 13.2. The number of aryl methyl sites for hydroxylation is 1. The number of rotatable bonds is 25. The van der Waals surface area contributed by atoms with Gasteiger partial charge >= 0.3 is 5.97 Å². The number of halogens is 1. The molecule has 2 aliphatic heterocycles. The van der Waals surface area contributed by atoms with E-state index in [0.29, 0.717) is 33.0 Å². The van der Waals surface area contributed by atoms with E-state index in [1.165, 1.54) is 131 Å². The summed E-state index contributed by atoms with van der Waals surface area (Å²) >= 11 is 0. The minimum absolute atomic E-state index is 0.0203. The van der Waals surface area contributed by atoms with Gasteiger partial charge in [0.2, 0.25) is 0 Å². The third-order valence-corrected chi connectivity index (χ3v) is 34.7. The zero-order valence-electron chi connectivity index (χ0n) is 75.3. The molecule has 0 amide bonds. The standard InChI is InChI=1S/C23H25O3S.C22H21O3S.C19H16NS.C19H17S.C18H14FS.C18H14NS/c1-24-16-17-25-18-19-26-20-12-14-23(15-13-20)27(21-8-4-2-5-9-21)22-10-6-3-7-11-22;1-18(23)24-16-17-25-19-12-14-22(15-13-19)26(20-8-4-2-5-9-20)21-10-6-3-7-11-21;1-20-16-11-5-7-13-18(16)21(15-9-3-2-4-10-15)19-14-8-6-12-17(19)20;1-16-9-8-14-19(15-16)20(17-10-4-2-5-11-17)18-12-6-3-7-13-18;19-15-11-13-18(14-12-15)20(16-7-3-1-4-8-16)17-9-5-2-6-10-17;1-2-8-14(9-3-1)20-17-12-6-4-10-15(17)19-16-11-5-7-13-18(16)20/h2-15H,16-19H2,1H3;2-15H,16-17H2,1H3;2-14H,1H3;2-15H,1H3;1-14H;1-13,19H/q6*+1. The maximum absolute atomic E-state index is 13.2. The average molecular weight is 1870 g/mol. The molecule has 666 valence electrons. The van der Waals surface area contributed by atoms with Gasteiger partial charge in [-0.1, -0.05) is 243 Å². The Kier molecular flexibility index (Phi) is 35.8. The van der Waals surface area contributed by atoms with Gasteiger partial charge in [-0.05, 0) is 267 Å². The number of hydrogen-bond donors (Lipinski definition) is 1. The molecule has 20 rings (SSSR count). The number of ether oxygens (including phenoxy) is 5. The summed E-state index contributed by atoms with van der Waals surface area (Å²) in [4.78, 5) is 36.8. The second-order valence-electron chi connectivity index (χ2n) is 30.4. The lowest BCUT2D eigenvalue weighted by atomic mass is 10.2. The van der Waals surface area contributed by atoms with Crippen LogP contribution in [-0.2, 0) is 84.4 Å². The number of carbonyl (C=O) groups excluding carboxylic acids is 1. The van der Waals surface area contributed by atoms with Crippen molar-refractivity contribution in [2.45, 2.75) is 102 Å². The molecule has 0 atom stereocenters. The molecule has 0 unspecified atom stereocenters. The van der Waals surface area contributed by atoms with Crippen molar-refractivity contribution in [3.8, 4) is 11.5 Å². The van der Waals surface area contributed by atoms with Crippen LogP contribution in [0.3, 0.4) is 0 Å². The summed E-state index contributed by atoms with van der Waals surface area (Å²) in [5.41, 5.74) is 6.37. The van der Waals surface area contributed by atoms with Crippen LogP contribution in [0.4, 0.5) is 27.1 Å². The number of fused-ring (bicyclic) bond motifs is 4. The molecule has 0 radical (unpaired) electrons. The molecule has 2 aliphatic rings. The summed E-state index contributed by atoms with van der Waals surface area (Å²) in [6.07, 6.45) is 0. The molecule has 0 aliphatic carbocycles. The normalized spacial score (nSPS) is 11.5. The second kappa shape index (κ2) is 50.4. The van der Waals surface area contributed by atoms with Crippen molar-refractivity contribution >= 4 is 94.1 Å². The molecule has 18 aromatic carbocycles. The quantitative estimate of drug-likeness (QED) is 0.0345. The van der Waals surface area contributed by atoms with E-state index in [0.717, 1.165) is 16.4 Å². The van der Waals surface area contributed by atoms with Gasteiger partial charge in [-0.3, -0.25) is 4.79 Å². The van der Waals surface area contributed by atoms with Gasteiger partial charge in [0, 0.05) is 21.1 Å². The van der Waals surface area contributed by atoms with Crippen molar-refractivity contribution in [2.24, 2.45) is 0 Å². The highest BCUT2D eigenvalue weighted by Gasteiger charge is 2.41. The molecular formula is C119H107FN2O6S6+6. The van der Waals surface area contributed by atoms with E-state index in [9.17, 15) is 9.18 Å². The highest BCUT2D eigenvalue weighted by Crippen LogP contribution is 2.48. The lowest BCUT2D eigenvalue weighted by molar-refractivity contribution is -0.141. The number of carbonyl (C=O) groups is 1. The maximum Gasteiger partial charge on any atom is 0.302 e. The van der Waals surface area contributed by atoms with E-state index in [2.05, 4.69) is 425 Å². The summed E-state index contributed by atoms with van der Waals surface area (Å²) in [7, 11) is 3.28. The van der Waals surface area contributed by atoms with Gasteiger partial charge in [-0.25, -0.2) is 4.39 Å². The third kappa shape index (κ3) is 26.3. The predicted octanol–water partition coefficient (Wildman–Crippen LogP) is 29.3. The molecule has 15 heteroatoms. The highest BCUT2D eigenvalue weighted by molar-refractivity contribution is 7.98. The Morgan fingerprint density at radius 1 is 0.291 bits per heavy atom. The fourth-order valence-corrected chi connectivity index (χ4v) is 28.1. The number of methoxy groups -OCH3 is 1. The smallest absolute Gasteiger partial charge is 0.302 e. The molecule has 0 spiro atoms. The molecule has 8 nitrogen and oxygen atoms in total. The molecule has 1 N–H and O–H groups in total. The van der Waals surface area contributed by atoms with E-state index >= 15 is 0 Å². The van der Waals surface area contributed by atoms with Crippen LogP contribution in [0, 0.1) is 12.7 Å². The summed E-state index contributed by atoms with van der Waals surface area (Å²) in [5.74, 6) is 1.14. The van der Waals surface area contributed by atoms with Crippen LogP contribution in [0.5, 0.6) is 11.5 Å². The van der Waals surface area contributed by atoms with Crippen LogP contribution in [0.1, 0.15) is 12.5 Å². The Bertz CT molecular complexity index is 6300. The number of benzene rings is 18. The fraction of sp³-hybridized carbons (Fsp3) is 0.0840. The number of hydrogen-bond acceptors (Lipinski definition) is 8. The first kappa shape index (κ1) is 95.2. The van der Waals surface area contributed by atoms with Crippen molar-refractivity contribution < 1.29 is 32.9 Å². The molecule has 0 aromatic heterocycles. The topological polar surface area (TPSA) is 78.5 Å². The average Bonchev–Trinajstić information content (AvgIpc) is 0.753. The minimum atomic E-state index is -0.293. The molecule has 0 bridgehead atoms. The monoisotopic (exact) mass is 1870 g/mol. The molecule has 2 heterocycles. The fourth-order valence-electron chi connectivity index (χ4n) is 15.0. The third-order valence-electron chi connectivity index (χ3n) is 21.1. The number of anilines is 4. The Morgan fingerprint density at radius 3 is 0.896 bits per heavy atom. The van der Waals surface area contributed by atoms with Gasteiger partial charge in [-0.2, -0.15) is 0 Å². The molecular weight excluding hydrogens is 1760 g/mol. The van der Waals surface area contributed by atoms with E-state index in [1.807, 2.05) is 84.9 Å². The van der Waals surface area contributed by atoms with Crippen LogP contribution >= 0.6 is 0 Å². The summed E-state index contributed by atoms with van der Waals surface area (Å²) in [6, 6.07) is 173. The van der Waals surface area contributed by atoms with Gasteiger partial charge in [0.25, 0.3) is 0 Å². The van der Waals surface area contributed by atoms with Crippen molar-refractivity contribution in [1.82, 2.24) is 0 Å². The van der Waals surface area contributed by atoms with Crippen LogP contribution < -0.4 is 19.7 Å². The van der Waals surface area contributed by atoms with Gasteiger partial charge in [0.15, 0.2) is 88.1 Å². The largest absolute Gasteiger partial charge is 0.491 e. The molecule has 18 aromatic rings. The van der Waals surface area contributed by atoms with Crippen molar-refractivity contribution in [2.75, 3.05) is 64.0 Å². The molecule has 134 heavy (non-hydrogen) atoms. The SMILES string of the molecule is CC(=O)OCCOc1ccc([S+](c2ccccc2)c2ccccc2)cc1.CN1c2ccccc2[S+](c2ccccc2)c2ccccc21.COCCOCCOc1ccc([S+](c2ccccc2)c2ccccc2)cc1.Cc1cccc([S+](c2ccccc2)c2ccccc2)c1.Fc1ccc([S+](c2ccccc2)c2ccccc2)cc1.c1ccc([S+]2c3ccccc3Nc3ccccc32)cc1. The Morgan fingerprint density at radius 2 is 0.560 bits per heavy atom. The van der Waals surface area contributed by atoms with Crippen LogP contribution in [0.2, 0.25) is 0 Å². The van der Waals surface area contributed by atoms with Crippen molar-refractivity contribution in [3.63, 3.8) is 0 Å². The zero-order chi connectivity index (χ0) is 92.1. The number of para-hydroxylation sites is 4. The lowest BCUT2D eigenvalue weighted by Crippen LogP contribution is -2.22. The number of esters is 1. The van der Waals surface area contributed by atoms with Gasteiger partial charge < -0.3 is 33.9 Å². The van der Waals surface area contributed by atoms with E-state index < -0.39 is 0 Å². The Hall–Kier alpha value is -13.4. The second-order valence-corrected chi connectivity index (χ2v) is 42.5. The first-order valence-corrected chi connectivity index (χ1v) is 51.8. The Labute approximate surface area is 806 Å². The summed E-state index contributed by atoms with van der Waals surface area (Å²) < 4.78 is 39.8. The molecule has 0 saturated heterocycles. The number of nitrogens with zero attached hydrogens (tertiary/aromatic N) is 1. The van der Waals surface area contributed by atoms with Crippen molar-refractivity contribution in [3.05, 3.63) is 509 Å². The van der Waals surface area contributed by atoms with Gasteiger partial charge in [-0.15, -0.1) is 0 Å². The first-order chi connectivity index (χ1) is 66.1. The molecule has 0 fully saturated rings. The van der Waals surface area contributed by atoms with E-state index in [4.69, 9.17) is 23.7 Å². The zero-order valence-corrected chi connectivity index (χ0v) is 80.2. The van der Waals surface area contributed by atoms with E-state index in [-0.39, 0.29) is 83.8 Å². The van der Waals surface area contributed by atoms with Crippen LogP contribution in [0.25, 0.3) is 0 Å². The molecule has 0 saturated carbocycles. The number of nitrogens with one attached hydrogen (secondary N) is 1. The van der Waals surface area contributed by atoms with Gasteiger partial charge in [0.1, 0.15) is 58.9 Å². The van der Waals surface area contributed by atoms with Crippen LogP contribution in [0.15, 0.2) is 586 Å². The van der Waals surface area contributed by atoms with E-state index in [1.54, 1.807) is 7.11 Å². The van der Waals surface area contributed by atoms with Crippen molar-refractivity contribution in [1.29, 1.82) is 0 Å². The highest BCUT2D eigenvalue weighted by atomic mass is 32.2.